The van der Waals surface area contributed by atoms with Crippen LogP contribution in [0.25, 0.3) is 0 Å². The van der Waals surface area contributed by atoms with Crippen LogP contribution in [0.2, 0.25) is 0 Å². The van der Waals surface area contributed by atoms with Gasteiger partial charge in [0.1, 0.15) is 0 Å². The van der Waals surface area contributed by atoms with Crippen molar-refractivity contribution in [1.82, 2.24) is 9.80 Å². The van der Waals surface area contributed by atoms with Gasteiger partial charge in [0.2, 0.25) is 5.91 Å². The molecular weight excluding hydrogens is 238 g/mol. The molecule has 0 saturated carbocycles. The van der Waals surface area contributed by atoms with Crippen LogP contribution in [-0.4, -0.2) is 54.0 Å². The quantitative estimate of drug-likeness (QED) is 0.838. The van der Waals surface area contributed by atoms with E-state index in [9.17, 15) is 4.79 Å². The SMILES string of the molecule is CCC1CCN(C(C)C(=O)N2CCCC2)C(CN)C1. The standard InChI is InChI=1S/C15H29N3O/c1-3-13-6-9-18(14(10-13)11-16)12(2)15(19)17-7-4-5-8-17/h12-14H,3-11,16H2,1-2H3. The van der Waals surface area contributed by atoms with Gasteiger partial charge in [-0.1, -0.05) is 13.3 Å². The first-order valence-electron chi connectivity index (χ1n) is 7.92. The van der Waals surface area contributed by atoms with Crippen LogP contribution in [0, 0.1) is 5.92 Å². The van der Waals surface area contributed by atoms with Crippen LogP contribution in [0.1, 0.15) is 46.0 Å². The minimum Gasteiger partial charge on any atom is -0.341 e. The fraction of sp³-hybridized carbons (Fsp3) is 0.933. The fourth-order valence-corrected chi connectivity index (χ4v) is 3.61. The molecule has 1 amide bonds. The Balaban J connectivity index is 1.96. The van der Waals surface area contributed by atoms with Gasteiger partial charge in [0, 0.05) is 25.7 Å². The molecule has 2 fully saturated rings. The van der Waals surface area contributed by atoms with Crippen molar-refractivity contribution < 1.29 is 4.79 Å². The van der Waals surface area contributed by atoms with E-state index in [2.05, 4.69) is 18.7 Å². The van der Waals surface area contributed by atoms with Crippen molar-refractivity contribution in [2.75, 3.05) is 26.2 Å². The van der Waals surface area contributed by atoms with Crippen molar-refractivity contribution in [2.45, 2.75) is 58.0 Å². The Labute approximate surface area is 117 Å². The first-order chi connectivity index (χ1) is 9.17. The summed E-state index contributed by atoms with van der Waals surface area (Å²) in [6.45, 7) is 7.92. The van der Waals surface area contributed by atoms with Gasteiger partial charge in [-0.2, -0.15) is 0 Å². The van der Waals surface area contributed by atoms with Crippen LogP contribution >= 0.6 is 0 Å². The maximum Gasteiger partial charge on any atom is 0.239 e. The molecule has 2 rings (SSSR count). The first-order valence-corrected chi connectivity index (χ1v) is 7.92. The molecule has 0 radical (unpaired) electrons. The highest BCUT2D eigenvalue weighted by Gasteiger charge is 2.34. The molecule has 3 atom stereocenters. The summed E-state index contributed by atoms with van der Waals surface area (Å²) in [6.07, 6.45) is 5.93. The number of hydrogen-bond donors (Lipinski definition) is 1. The monoisotopic (exact) mass is 267 g/mol. The van der Waals surface area contributed by atoms with Gasteiger partial charge in [0.05, 0.1) is 6.04 Å². The molecule has 19 heavy (non-hydrogen) atoms. The average Bonchev–Trinajstić information content (AvgIpc) is 2.99. The van der Waals surface area contributed by atoms with Crippen molar-refractivity contribution in [3.63, 3.8) is 0 Å². The van der Waals surface area contributed by atoms with E-state index < -0.39 is 0 Å². The van der Waals surface area contributed by atoms with Gasteiger partial charge in [-0.15, -0.1) is 0 Å². The Kier molecular flexibility index (Phi) is 5.22. The fourth-order valence-electron chi connectivity index (χ4n) is 3.61. The molecule has 2 N–H and O–H groups in total. The van der Waals surface area contributed by atoms with Gasteiger partial charge < -0.3 is 10.6 Å². The third-order valence-corrected chi connectivity index (χ3v) is 4.99. The lowest BCUT2D eigenvalue weighted by Gasteiger charge is -2.42. The number of hydrogen-bond acceptors (Lipinski definition) is 3. The summed E-state index contributed by atoms with van der Waals surface area (Å²) < 4.78 is 0. The van der Waals surface area contributed by atoms with Crippen molar-refractivity contribution in [1.29, 1.82) is 0 Å². The smallest absolute Gasteiger partial charge is 0.239 e. The summed E-state index contributed by atoms with van der Waals surface area (Å²) in [5.41, 5.74) is 5.94. The Morgan fingerprint density at radius 3 is 2.58 bits per heavy atom. The molecule has 0 spiro atoms. The summed E-state index contributed by atoms with van der Waals surface area (Å²) in [5.74, 6) is 1.10. The van der Waals surface area contributed by atoms with Gasteiger partial charge in [0.15, 0.2) is 0 Å². The zero-order valence-corrected chi connectivity index (χ0v) is 12.5. The Morgan fingerprint density at radius 2 is 2.00 bits per heavy atom. The van der Waals surface area contributed by atoms with E-state index in [1.54, 1.807) is 0 Å². The third-order valence-electron chi connectivity index (χ3n) is 4.99. The number of rotatable bonds is 4. The van der Waals surface area contributed by atoms with Crippen LogP contribution < -0.4 is 5.73 Å². The molecule has 2 heterocycles. The van der Waals surface area contributed by atoms with E-state index in [4.69, 9.17) is 5.73 Å². The summed E-state index contributed by atoms with van der Waals surface area (Å²) in [7, 11) is 0. The maximum absolute atomic E-state index is 12.5. The van der Waals surface area contributed by atoms with E-state index in [0.29, 0.717) is 18.5 Å². The van der Waals surface area contributed by atoms with E-state index >= 15 is 0 Å². The second-order valence-electron chi connectivity index (χ2n) is 6.13. The normalized spacial score (nSPS) is 30.6. The van der Waals surface area contributed by atoms with Gasteiger partial charge >= 0.3 is 0 Å². The highest BCUT2D eigenvalue weighted by molar-refractivity contribution is 5.81. The average molecular weight is 267 g/mol. The molecule has 110 valence electrons. The van der Waals surface area contributed by atoms with E-state index in [0.717, 1.165) is 44.8 Å². The lowest BCUT2D eigenvalue weighted by Crippen LogP contribution is -2.55. The predicted molar refractivity (Wildman–Crippen MR) is 77.8 cm³/mol. The largest absolute Gasteiger partial charge is 0.341 e. The molecule has 0 aliphatic carbocycles. The highest BCUT2D eigenvalue weighted by atomic mass is 16.2. The minimum atomic E-state index is 0.00413. The molecule has 3 unspecified atom stereocenters. The summed E-state index contributed by atoms with van der Waals surface area (Å²) in [6, 6.07) is 0.393. The Bertz CT molecular complexity index is 302. The molecule has 4 nitrogen and oxygen atoms in total. The van der Waals surface area contributed by atoms with Crippen molar-refractivity contribution in [2.24, 2.45) is 11.7 Å². The zero-order chi connectivity index (χ0) is 13.8. The second-order valence-corrected chi connectivity index (χ2v) is 6.13. The molecule has 0 bridgehead atoms. The van der Waals surface area contributed by atoms with Gasteiger partial charge in [0.25, 0.3) is 0 Å². The molecule has 2 aliphatic rings. The first kappa shape index (κ1) is 14.8. The minimum absolute atomic E-state index is 0.00413. The van der Waals surface area contributed by atoms with Gasteiger partial charge in [-0.05, 0) is 45.1 Å². The second kappa shape index (κ2) is 6.71. The summed E-state index contributed by atoms with van der Waals surface area (Å²) >= 11 is 0. The van der Waals surface area contributed by atoms with Crippen LogP contribution in [0.15, 0.2) is 0 Å². The number of likely N-dealkylation sites (tertiary alicyclic amines) is 2. The van der Waals surface area contributed by atoms with E-state index in [-0.39, 0.29) is 6.04 Å². The number of carbonyl (C=O) groups is 1. The lowest BCUT2D eigenvalue weighted by atomic mass is 9.88. The third kappa shape index (κ3) is 3.29. The zero-order valence-electron chi connectivity index (χ0n) is 12.5. The predicted octanol–water partition coefficient (Wildman–Crippen LogP) is 1.45. The lowest BCUT2D eigenvalue weighted by molar-refractivity contribution is -0.137. The number of nitrogens with zero attached hydrogens (tertiary/aromatic N) is 2. The van der Waals surface area contributed by atoms with Crippen LogP contribution in [0.4, 0.5) is 0 Å². The topological polar surface area (TPSA) is 49.6 Å². The van der Waals surface area contributed by atoms with Crippen LogP contribution in [-0.2, 0) is 4.79 Å². The van der Waals surface area contributed by atoms with Gasteiger partial charge in [-0.25, -0.2) is 0 Å². The molecule has 2 aliphatic heterocycles. The molecular formula is C15H29N3O. The number of nitrogens with two attached hydrogens (primary N) is 1. The maximum atomic E-state index is 12.5. The molecule has 0 aromatic rings. The molecule has 4 heteroatoms. The summed E-state index contributed by atoms with van der Waals surface area (Å²) in [5, 5.41) is 0. The number of carbonyl (C=O) groups excluding carboxylic acids is 1. The number of amides is 1. The van der Waals surface area contributed by atoms with E-state index in [1.165, 1.54) is 12.8 Å². The van der Waals surface area contributed by atoms with Crippen LogP contribution in [0.5, 0.6) is 0 Å². The molecule has 0 aromatic heterocycles. The van der Waals surface area contributed by atoms with Crippen molar-refractivity contribution >= 4 is 5.91 Å². The van der Waals surface area contributed by atoms with E-state index in [1.807, 2.05) is 4.90 Å². The van der Waals surface area contributed by atoms with Crippen molar-refractivity contribution in [3.05, 3.63) is 0 Å². The Hall–Kier alpha value is -0.610. The Morgan fingerprint density at radius 1 is 1.32 bits per heavy atom. The van der Waals surface area contributed by atoms with Crippen molar-refractivity contribution in [3.8, 4) is 0 Å². The molecule has 2 saturated heterocycles. The highest BCUT2D eigenvalue weighted by Crippen LogP contribution is 2.27. The summed E-state index contributed by atoms with van der Waals surface area (Å²) in [4.78, 5) is 16.9. The molecule has 0 aromatic carbocycles. The van der Waals surface area contributed by atoms with Gasteiger partial charge in [-0.3, -0.25) is 9.69 Å². The van der Waals surface area contributed by atoms with Crippen LogP contribution in [0.3, 0.4) is 0 Å². The number of piperidine rings is 1.